The molecular formula is C11H11N3O3S. The molecule has 0 bridgehead atoms. The van der Waals surface area contributed by atoms with Crippen LogP contribution in [0.25, 0.3) is 0 Å². The van der Waals surface area contributed by atoms with Gasteiger partial charge in [0.1, 0.15) is 0 Å². The third-order valence-electron chi connectivity index (χ3n) is 1.97. The van der Waals surface area contributed by atoms with E-state index in [1.807, 2.05) is 6.07 Å². The Morgan fingerprint density at radius 2 is 2.22 bits per heavy atom. The lowest BCUT2D eigenvalue weighted by Crippen LogP contribution is -2.28. The first kappa shape index (κ1) is 13.8. The molecule has 1 aromatic rings. The Morgan fingerprint density at radius 1 is 1.50 bits per heavy atom. The molecule has 0 aromatic heterocycles. The predicted octanol–water partition coefficient (Wildman–Crippen LogP) is 1.14. The fraction of sp³-hybridized carbons (Fsp3) is 0.0909. The van der Waals surface area contributed by atoms with Crippen LogP contribution in [-0.2, 0) is 16.9 Å². The SMILES string of the molecule is C=CCc1cccc(C(=O)NC(=N)N=S(=O)=O)c1. The van der Waals surface area contributed by atoms with Crippen molar-refractivity contribution >= 4 is 22.4 Å². The van der Waals surface area contributed by atoms with Gasteiger partial charge >= 0.3 is 10.5 Å². The van der Waals surface area contributed by atoms with E-state index in [1.165, 1.54) is 0 Å². The zero-order valence-corrected chi connectivity index (χ0v) is 10.2. The number of carbonyl (C=O) groups is 1. The summed E-state index contributed by atoms with van der Waals surface area (Å²) >= 11 is 0. The van der Waals surface area contributed by atoms with E-state index in [4.69, 9.17) is 5.41 Å². The number of benzene rings is 1. The van der Waals surface area contributed by atoms with Crippen molar-refractivity contribution in [2.45, 2.75) is 6.42 Å². The average Bonchev–Trinajstić information content (AvgIpc) is 2.28. The summed E-state index contributed by atoms with van der Waals surface area (Å²) in [5.41, 5.74) is 1.22. The van der Waals surface area contributed by atoms with Crippen LogP contribution in [0, 0.1) is 5.41 Å². The number of hydrogen-bond donors (Lipinski definition) is 2. The maximum Gasteiger partial charge on any atom is 0.319 e. The zero-order chi connectivity index (χ0) is 13.5. The van der Waals surface area contributed by atoms with Crippen molar-refractivity contribution in [1.29, 1.82) is 5.41 Å². The smallest absolute Gasteiger partial charge is 0.290 e. The van der Waals surface area contributed by atoms with Gasteiger partial charge in [-0.15, -0.1) is 6.58 Å². The minimum atomic E-state index is -2.75. The first-order valence-electron chi connectivity index (χ1n) is 4.94. The number of amides is 1. The minimum absolute atomic E-state index is 0.325. The normalized spacial score (nSPS) is 9.33. The summed E-state index contributed by atoms with van der Waals surface area (Å²) in [5.74, 6) is -1.30. The lowest BCUT2D eigenvalue weighted by molar-refractivity contribution is 0.0976. The van der Waals surface area contributed by atoms with Crippen LogP contribution < -0.4 is 5.32 Å². The van der Waals surface area contributed by atoms with E-state index in [-0.39, 0.29) is 0 Å². The number of carbonyl (C=O) groups excluding carboxylic acids is 1. The van der Waals surface area contributed by atoms with Crippen molar-refractivity contribution in [2.24, 2.45) is 4.36 Å². The Hall–Kier alpha value is -2.28. The van der Waals surface area contributed by atoms with Gasteiger partial charge < -0.3 is 0 Å². The molecule has 0 fully saturated rings. The Balaban J connectivity index is 2.84. The van der Waals surface area contributed by atoms with Gasteiger partial charge in [0.05, 0.1) is 0 Å². The molecule has 1 rings (SSSR count). The van der Waals surface area contributed by atoms with E-state index >= 15 is 0 Å². The molecule has 0 saturated carbocycles. The molecule has 0 saturated heterocycles. The van der Waals surface area contributed by atoms with Crippen molar-refractivity contribution in [1.82, 2.24) is 5.32 Å². The molecule has 0 aliphatic heterocycles. The standard InChI is InChI=1S/C11H11N3O3S/c1-2-4-8-5-3-6-9(7-8)10(15)13-11(12)14-18(16)17/h2-3,5-7H,1,4H2,(H2,12,13,15). The van der Waals surface area contributed by atoms with E-state index in [0.717, 1.165) is 5.56 Å². The molecule has 0 atom stereocenters. The van der Waals surface area contributed by atoms with E-state index in [9.17, 15) is 13.2 Å². The third-order valence-corrected chi connectivity index (χ3v) is 2.30. The summed E-state index contributed by atoms with van der Waals surface area (Å²) in [4.78, 5) is 11.7. The summed E-state index contributed by atoms with van der Waals surface area (Å²) in [7, 11) is -2.75. The Morgan fingerprint density at radius 3 is 2.83 bits per heavy atom. The molecule has 94 valence electrons. The first-order chi connectivity index (χ1) is 8.52. The molecule has 0 radical (unpaired) electrons. The quantitative estimate of drug-likeness (QED) is 0.487. The molecular weight excluding hydrogens is 254 g/mol. The van der Waals surface area contributed by atoms with Gasteiger partial charge in [-0.2, -0.15) is 8.42 Å². The molecule has 0 aliphatic rings. The van der Waals surface area contributed by atoms with Crippen molar-refractivity contribution in [3.63, 3.8) is 0 Å². The maximum absolute atomic E-state index is 11.7. The van der Waals surface area contributed by atoms with E-state index < -0.39 is 22.4 Å². The van der Waals surface area contributed by atoms with Gasteiger partial charge in [-0.25, -0.2) is 0 Å². The molecule has 0 spiro atoms. The number of hydrogen-bond acceptors (Lipinski definition) is 4. The van der Waals surface area contributed by atoms with Crippen molar-refractivity contribution < 1.29 is 13.2 Å². The van der Waals surface area contributed by atoms with Crippen molar-refractivity contribution in [3.05, 3.63) is 48.0 Å². The minimum Gasteiger partial charge on any atom is -0.290 e. The lowest BCUT2D eigenvalue weighted by Gasteiger charge is -2.03. The molecule has 1 amide bonds. The highest BCUT2D eigenvalue weighted by Crippen LogP contribution is 2.06. The second-order valence-electron chi connectivity index (χ2n) is 3.30. The number of guanidine groups is 1. The molecule has 0 unspecified atom stereocenters. The topological polar surface area (TPSA) is 99.4 Å². The molecule has 0 heterocycles. The van der Waals surface area contributed by atoms with Gasteiger partial charge in [0.2, 0.25) is 5.96 Å². The van der Waals surface area contributed by atoms with Gasteiger partial charge in [0.15, 0.2) is 0 Å². The second kappa shape index (κ2) is 6.45. The lowest BCUT2D eigenvalue weighted by atomic mass is 10.1. The highest BCUT2D eigenvalue weighted by molar-refractivity contribution is 7.62. The highest BCUT2D eigenvalue weighted by Gasteiger charge is 2.07. The van der Waals surface area contributed by atoms with Crippen LogP contribution in [0.2, 0.25) is 0 Å². The number of rotatable bonds is 3. The number of allylic oxidation sites excluding steroid dienone is 1. The van der Waals surface area contributed by atoms with Crippen LogP contribution in [0.4, 0.5) is 0 Å². The highest BCUT2D eigenvalue weighted by atomic mass is 32.2. The van der Waals surface area contributed by atoms with Crippen molar-refractivity contribution in [3.8, 4) is 0 Å². The van der Waals surface area contributed by atoms with Crippen LogP contribution in [-0.4, -0.2) is 20.3 Å². The molecule has 2 N–H and O–H groups in total. The van der Waals surface area contributed by atoms with Crippen LogP contribution in [0.3, 0.4) is 0 Å². The van der Waals surface area contributed by atoms with Gasteiger partial charge in [-0.05, 0) is 24.1 Å². The number of nitrogens with zero attached hydrogens (tertiary/aromatic N) is 1. The summed E-state index contributed by atoms with van der Waals surface area (Å²) < 4.78 is 23.2. The van der Waals surface area contributed by atoms with Gasteiger partial charge in [0, 0.05) is 5.56 Å². The van der Waals surface area contributed by atoms with Crippen molar-refractivity contribution in [2.75, 3.05) is 0 Å². The van der Waals surface area contributed by atoms with E-state index in [0.29, 0.717) is 12.0 Å². The summed E-state index contributed by atoms with van der Waals surface area (Å²) in [6.45, 7) is 3.59. The largest absolute Gasteiger partial charge is 0.319 e. The van der Waals surface area contributed by atoms with Gasteiger partial charge in [0.25, 0.3) is 5.91 Å². The van der Waals surface area contributed by atoms with Crippen LogP contribution in [0.1, 0.15) is 15.9 Å². The summed E-state index contributed by atoms with van der Waals surface area (Å²) in [5, 5.41) is 9.18. The average molecular weight is 265 g/mol. The Bertz CT molecular complexity index is 612. The van der Waals surface area contributed by atoms with Gasteiger partial charge in [-0.1, -0.05) is 22.6 Å². The first-order valence-corrected chi connectivity index (χ1v) is 5.97. The Labute approximate surface area is 106 Å². The van der Waals surface area contributed by atoms with E-state index in [1.54, 1.807) is 24.3 Å². The monoisotopic (exact) mass is 265 g/mol. The second-order valence-corrected chi connectivity index (χ2v) is 3.92. The van der Waals surface area contributed by atoms with Gasteiger partial charge in [-0.3, -0.25) is 15.5 Å². The molecule has 18 heavy (non-hydrogen) atoms. The van der Waals surface area contributed by atoms with E-state index in [2.05, 4.69) is 16.3 Å². The Kier molecular flexibility index (Phi) is 4.94. The fourth-order valence-electron chi connectivity index (χ4n) is 1.28. The number of nitrogens with one attached hydrogen (secondary N) is 2. The molecule has 0 aliphatic carbocycles. The maximum atomic E-state index is 11.7. The van der Waals surface area contributed by atoms with Crippen LogP contribution >= 0.6 is 0 Å². The zero-order valence-electron chi connectivity index (χ0n) is 9.38. The molecule has 7 heteroatoms. The fourth-order valence-corrected chi connectivity index (χ4v) is 1.48. The van der Waals surface area contributed by atoms with Crippen LogP contribution in [0.15, 0.2) is 41.3 Å². The third kappa shape index (κ3) is 4.30. The predicted molar refractivity (Wildman–Crippen MR) is 66.9 cm³/mol. The summed E-state index contributed by atoms with van der Waals surface area (Å²) in [6.07, 6.45) is 2.32. The summed E-state index contributed by atoms with van der Waals surface area (Å²) in [6, 6.07) is 6.73. The molecule has 1 aromatic carbocycles. The molecule has 6 nitrogen and oxygen atoms in total. The van der Waals surface area contributed by atoms with Crippen LogP contribution in [0.5, 0.6) is 0 Å².